The molecule has 53 heavy (non-hydrogen) atoms. The van der Waals surface area contributed by atoms with Crippen LogP contribution in [0.1, 0.15) is 57.9 Å². The fourth-order valence-corrected chi connectivity index (χ4v) is 8.83. The molecule has 4 aromatic rings. The Hall–Kier alpha value is -4.80. The summed E-state index contributed by atoms with van der Waals surface area (Å²) in [5.74, 6) is 1.87. The van der Waals surface area contributed by atoms with E-state index in [0.29, 0.717) is 53.8 Å². The van der Waals surface area contributed by atoms with E-state index in [-0.39, 0.29) is 64.5 Å². The maximum atomic E-state index is 17.3. The number of anilines is 1. The largest absolute Gasteiger partial charge is 0.474 e. The maximum absolute atomic E-state index is 17.3. The van der Waals surface area contributed by atoms with Crippen LogP contribution < -0.4 is 19.7 Å². The van der Waals surface area contributed by atoms with Crippen LogP contribution in [0.25, 0.3) is 32.9 Å². The summed E-state index contributed by atoms with van der Waals surface area (Å²) in [6, 6.07) is 8.87. The highest BCUT2D eigenvalue weighted by atomic mass is 19.1. The SMILES string of the molecule is C#Cc1c(F)ccc2cccc(-c3nc(OC(C)C)c4c(N5CC6CCC(C5)N6)nc(OC[C@]56CCCN5C(COC(=O)N(C)C)CC6)nc4c3F)c12. The van der Waals surface area contributed by atoms with Crippen LogP contribution in [0.2, 0.25) is 0 Å². The molecule has 4 aliphatic rings. The Bertz CT molecular complexity index is 2110. The second-order valence-corrected chi connectivity index (χ2v) is 15.3. The molecule has 6 heterocycles. The molecule has 3 unspecified atom stereocenters. The molecule has 2 bridgehead atoms. The van der Waals surface area contributed by atoms with E-state index in [1.165, 1.54) is 11.0 Å². The molecule has 1 amide bonds. The topological polar surface area (TPSA) is 105 Å². The Kier molecular flexibility index (Phi) is 9.23. The van der Waals surface area contributed by atoms with Crippen LogP contribution in [-0.4, -0.2) is 108 Å². The molecular weight excluding hydrogens is 680 g/mol. The predicted octanol–water partition coefficient (Wildman–Crippen LogP) is 5.91. The number of rotatable bonds is 9. The summed E-state index contributed by atoms with van der Waals surface area (Å²) in [5.41, 5.74) is 0.0319. The Morgan fingerprint density at radius 1 is 1.08 bits per heavy atom. The molecule has 0 radical (unpaired) electrons. The van der Waals surface area contributed by atoms with Crippen molar-refractivity contribution in [3.05, 3.63) is 47.5 Å². The normalized spacial score (nSPS) is 23.8. The molecule has 4 fully saturated rings. The number of halogens is 2. The number of nitrogens with zero attached hydrogens (tertiary/aromatic N) is 6. The van der Waals surface area contributed by atoms with Gasteiger partial charge >= 0.3 is 12.1 Å². The van der Waals surface area contributed by atoms with Gasteiger partial charge in [-0.25, -0.2) is 18.6 Å². The van der Waals surface area contributed by atoms with E-state index in [0.717, 1.165) is 45.1 Å². The quantitative estimate of drug-likeness (QED) is 0.210. The van der Waals surface area contributed by atoms with Gasteiger partial charge in [-0.15, -0.1) is 6.42 Å². The lowest BCUT2D eigenvalue weighted by atomic mass is 9.95. The first-order chi connectivity index (χ1) is 25.5. The lowest BCUT2D eigenvalue weighted by Gasteiger charge is -2.35. The molecule has 0 aliphatic carbocycles. The van der Waals surface area contributed by atoms with Crippen molar-refractivity contribution in [1.82, 2.24) is 30.1 Å². The zero-order chi connectivity index (χ0) is 37.0. The van der Waals surface area contributed by atoms with Gasteiger partial charge in [0, 0.05) is 56.3 Å². The summed E-state index contributed by atoms with van der Waals surface area (Å²) in [4.78, 5) is 32.8. The molecule has 4 atom stereocenters. The molecule has 2 aromatic heterocycles. The third-order valence-electron chi connectivity index (χ3n) is 11.2. The van der Waals surface area contributed by atoms with E-state index in [2.05, 4.69) is 21.0 Å². The van der Waals surface area contributed by atoms with Crippen molar-refractivity contribution in [3.63, 3.8) is 0 Å². The minimum absolute atomic E-state index is 0.00728. The van der Waals surface area contributed by atoms with Crippen LogP contribution in [0, 0.1) is 24.0 Å². The van der Waals surface area contributed by atoms with Crippen molar-refractivity contribution in [2.24, 2.45) is 0 Å². The van der Waals surface area contributed by atoms with Gasteiger partial charge in [0.05, 0.1) is 17.2 Å². The van der Waals surface area contributed by atoms with Gasteiger partial charge in [-0.3, -0.25) is 4.90 Å². The first-order valence-corrected chi connectivity index (χ1v) is 18.6. The van der Waals surface area contributed by atoms with Gasteiger partial charge in [-0.2, -0.15) is 9.97 Å². The lowest BCUT2D eigenvalue weighted by molar-refractivity contribution is 0.0484. The lowest BCUT2D eigenvalue weighted by Crippen LogP contribution is -2.51. The van der Waals surface area contributed by atoms with Crippen LogP contribution in [-0.2, 0) is 4.74 Å². The Morgan fingerprint density at radius 2 is 1.87 bits per heavy atom. The number of terminal acetylenes is 1. The van der Waals surface area contributed by atoms with Crippen molar-refractivity contribution in [3.8, 4) is 35.5 Å². The number of ether oxygens (including phenoxy) is 3. The van der Waals surface area contributed by atoms with E-state index >= 15 is 8.78 Å². The Labute approximate surface area is 308 Å². The average molecular weight is 726 g/mol. The predicted molar refractivity (Wildman–Crippen MR) is 198 cm³/mol. The number of carbonyl (C=O) groups is 1. The third kappa shape index (κ3) is 6.35. The maximum Gasteiger partial charge on any atom is 0.409 e. The van der Waals surface area contributed by atoms with E-state index in [4.69, 9.17) is 35.6 Å². The van der Waals surface area contributed by atoms with Gasteiger partial charge in [0.1, 0.15) is 41.4 Å². The van der Waals surface area contributed by atoms with Crippen LogP contribution in [0.5, 0.6) is 11.9 Å². The highest BCUT2D eigenvalue weighted by Crippen LogP contribution is 2.44. The molecule has 4 saturated heterocycles. The Balaban J connectivity index is 1.24. The first-order valence-electron chi connectivity index (χ1n) is 18.6. The number of fused-ring (bicyclic) bond motifs is 5. The summed E-state index contributed by atoms with van der Waals surface area (Å²) in [6.45, 7) is 6.58. The van der Waals surface area contributed by atoms with Gasteiger partial charge in [-0.1, -0.05) is 30.2 Å². The molecule has 8 rings (SSSR count). The Morgan fingerprint density at radius 3 is 2.60 bits per heavy atom. The molecule has 4 aliphatic heterocycles. The zero-order valence-electron chi connectivity index (χ0n) is 30.6. The number of hydrogen-bond acceptors (Lipinski definition) is 10. The summed E-state index contributed by atoms with van der Waals surface area (Å²) in [7, 11) is 3.34. The third-order valence-corrected chi connectivity index (χ3v) is 11.2. The van der Waals surface area contributed by atoms with E-state index < -0.39 is 11.6 Å². The van der Waals surface area contributed by atoms with Crippen LogP contribution in [0.15, 0.2) is 30.3 Å². The number of hydrogen-bond donors (Lipinski definition) is 1. The average Bonchev–Trinajstić information content (AvgIpc) is 3.82. The molecule has 11 nitrogen and oxygen atoms in total. The van der Waals surface area contributed by atoms with Crippen LogP contribution in [0.4, 0.5) is 19.4 Å². The van der Waals surface area contributed by atoms with Gasteiger partial charge in [0.25, 0.3) is 0 Å². The summed E-state index contributed by atoms with van der Waals surface area (Å²) in [5, 5.41) is 5.06. The summed E-state index contributed by atoms with van der Waals surface area (Å²) >= 11 is 0. The fourth-order valence-electron chi connectivity index (χ4n) is 8.83. The second-order valence-electron chi connectivity index (χ2n) is 15.3. The fraction of sp³-hybridized carbons (Fsp3) is 0.500. The van der Waals surface area contributed by atoms with Crippen molar-refractivity contribution in [2.45, 2.75) is 82.1 Å². The number of pyridine rings is 1. The van der Waals surface area contributed by atoms with Crippen LogP contribution in [0.3, 0.4) is 0 Å². The minimum atomic E-state index is -0.702. The highest BCUT2D eigenvalue weighted by Gasteiger charge is 2.50. The number of amides is 1. The summed E-state index contributed by atoms with van der Waals surface area (Å²) < 4.78 is 50.9. The zero-order valence-corrected chi connectivity index (χ0v) is 30.6. The van der Waals surface area contributed by atoms with Gasteiger partial charge in [0.2, 0.25) is 5.88 Å². The van der Waals surface area contributed by atoms with Gasteiger partial charge in [0.15, 0.2) is 5.82 Å². The highest BCUT2D eigenvalue weighted by molar-refractivity contribution is 6.03. The van der Waals surface area contributed by atoms with E-state index in [1.54, 1.807) is 38.4 Å². The van der Waals surface area contributed by atoms with Crippen molar-refractivity contribution in [1.29, 1.82) is 0 Å². The molecule has 1 N–H and O–H groups in total. The smallest absolute Gasteiger partial charge is 0.409 e. The number of carbonyl (C=O) groups excluding carboxylic acids is 1. The first kappa shape index (κ1) is 35.2. The second kappa shape index (κ2) is 13.9. The molecule has 13 heteroatoms. The van der Waals surface area contributed by atoms with E-state index in [9.17, 15) is 4.79 Å². The molecular formula is C40H45F2N7O4. The van der Waals surface area contributed by atoms with Gasteiger partial charge < -0.3 is 29.3 Å². The number of aromatic nitrogens is 3. The van der Waals surface area contributed by atoms with Crippen molar-refractivity contribution >= 4 is 33.6 Å². The van der Waals surface area contributed by atoms with Crippen LogP contribution >= 0.6 is 0 Å². The van der Waals surface area contributed by atoms with Crippen molar-refractivity contribution in [2.75, 3.05) is 51.8 Å². The molecule has 0 saturated carbocycles. The number of benzene rings is 2. The number of nitrogens with one attached hydrogen (secondary N) is 1. The molecule has 278 valence electrons. The van der Waals surface area contributed by atoms with Crippen molar-refractivity contribution < 1.29 is 27.8 Å². The standard InChI is InChI=1S/C40H45F2N7O4/c1-6-28-30(41)14-11-24-9-7-10-29(31(24)28)34-33(42)35-32(37(44-34)53-23(2)3)36(48-19-25-12-13-26(20-48)43-25)46-38(45-35)52-22-40-16-8-18-49(40)27(15-17-40)21-51-39(50)47(4)5/h1,7,9-11,14,23,25-27,43H,8,12-13,15-22H2,2-5H3/t25?,26?,27?,40-/m1/s1. The van der Waals surface area contributed by atoms with E-state index in [1.807, 2.05) is 13.8 Å². The minimum Gasteiger partial charge on any atom is -0.474 e. The molecule has 2 aromatic carbocycles. The monoisotopic (exact) mass is 725 g/mol. The molecule has 0 spiro atoms. The van der Waals surface area contributed by atoms with Gasteiger partial charge in [-0.05, 0) is 70.4 Å². The number of piperazine rings is 1. The summed E-state index contributed by atoms with van der Waals surface area (Å²) in [6.07, 6.45) is 10.8.